The minimum atomic E-state index is -0.912. The van der Waals surface area contributed by atoms with Crippen LogP contribution in [0.25, 0.3) is 0 Å². The molecule has 1 aromatic heterocycles. The fourth-order valence-corrected chi connectivity index (χ4v) is 2.38. The Labute approximate surface area is 106 Å². The molecule has 18 heavy (non-hydrogen) atoms. The Morgan fingerprint density at radius 3 is 2.28 bits per heavy atom. The van der Waals surface area contributed by atoms with Crippen molar-refractivity contribution in [2.75, 3.05) is 13.1 Å². The Bertz CT molecular complexity index is 406. The Morgan fingerprint density at radius 2 is 1.72 bits per heavy atom. The van der Waals surface area contributed by atoms with Crippen molar-refractivity contribution in [3.05, 3.63) is 24.5 Å². The maximum absolute atomic E-state index is 11.8. The smallest absolute Gasteiger partial charge is 0.303 e. The predicted molar refractivity (Wildman–Crippen MR) is 66.2 cm³/mol. The van der Waals surface area contributed by atoms with E-state index < -0.39 is 5.97 Å². The molecule has 2 rings (SSSR count). The lowest BCUT2D eigenvalue weighted by Crippen LogP contribution is -2.39. The summed E-state index contributed by atoms with van der Waals surface area (Å²) in [6.45, 7) is 1.45. The molecule has 0 bridgehead atoms. The lowest BCUT2D eigenvalue weighted by molar-refractivity contribution is -0.141. The quantitative estimate of drug-likeness (QED) is 0.881. The first-order chi connectivity index (χ1) is 8.66. The average Bonchev–Trinajstić information content (AvgIpc) is 2.90. The molecule has 5 heteroatoms. The van der Waals surface area contributed by atoms with Crippen molar-refractivity contribution in [3.8, 4) is 0 Å². The summed E-state index contributed by atoms with van der Waals surface area (Å²) in [5, 5.41) is 8.55. The van der Waals surface area contributed by atoms with E-state index in [2.05, 4.69) is 4.57 Å². The van der Waals surface area contributed by atoms with Gasteiger partial charge < -0.3 is 14.6 Å². The van der Waals surface area contributed by atoms with Crippen molar-refractivity contribution in [1.29, 1.82) is 0 Å². The molecule has 0 aliphatic carbocycles. The number of carbonyl (C=O) groups excluding carboxylic acids is 1. The zero-order valence-electron chi connectivity index (χ0n) is 10.3. The van der Waals surface area contributed by atoms with E-state index in [1.165, 1.54) is 0 Å². The number of aliphatic carboxylic acids is 1. The summed E-state index contributed by atoms with van der Waals surface area (Å²) < 4.78 is 2.18. The second kappa shape index (κ2) is 5.71. The van der Waals surface area contributed by atoms with Crippen LogP contribution in [0.15, 0.2) is 24.5 Å². The van der Waals surface area contributed by atoms with Crippen molar-refractivity contribution < 1.29 is 14.7 Å². The summed E-state index contributed by atoms with van der Waals surface area (Å²) in [7, 11) is 0. The van der Waals surface area contributed by atoms with Crippen LogP contribution < -0.4 is 0 Å². The topological polar surface area (TPSA) is 62.5 Å². The Morgan fingerprint density at radius 1 is 1.11 bits per heavy atom. The number of hydrogen-bond donors (Lipinski definition) is 1. The third-order valence-corrected chi connectivity index (χ3v) is 3.42. The highest BCUT2D eigenvalue weighted by molar-refractivity contribution is 5.80. The van der Waals surface area contributed by atoms with E-state index >= 15 is 0 Å². The second-order valence-corrected chi connectivity index (χ2v) is 4.64. The van der Waals surface area contributed by atoms with Crippen molar-refractivity contribution in [1.82, 2.24) is 9.47 Å². The van der Waals surface area contributed by atoms with Crippen LogP contribution in [0.1, 0.15) is 31.7 Å². The van der Waals surface area contributed by atoms with Gasteiger partial charge in [0.25, 0.3) is 0 Å². The first kappa shape index (κ1) is 12.7. The number of rotatable bonds is 4. The number of likely N-dealkylation sites (tertiary alicyclic amines) is 1. The highest BCUT2D eigenvalue weighted by Crippen LogP contribution is 2.22. The fraction of sp³-hybridized carbons (Fsp3) is 0.538. The first-order valence-corrected chi connectivity index (χ1v) is 6.29. The molecule has 0 spiro atoms. The molecule has 1 amide bonds. The molecule has 1 N–H and O–H groups in total. The van der Waals surface area contributed by atoms with Crippen LogP contribution in [0.2, 0.25) is 0 Å². The molecular weight excluding hydrogens is 232 g/mol. The molecule has 0 saturated carbocycles. The summed E-state index contributed by atoms with van der Waals surface area (Å²) in [5.41, 5.74) is 0. The number of hydrogen-bond acceptors (Lipinski definition) is 2. The van der Waals surface area contributed by atoms with E-state index in [1.807, 2.05) is 24.5 Å². The van der Waals surface area contributed by atoms with Crippen LogP contribution in [0.4, 0.5) is 0 Å². The molecule has 98 valence electrons. The van der Waals surface area contributed by atoms with Crippen LogP contribution in [-0.4, -0.2) is 39.5 Å². The Hall–Kier alpha value is -1.78. The summed E-state index contributed by atoms with van der Waals surface area (Å²) in [4.78, 5) is 24.0. The number of carboxylic acid groups (broad SMARTS) is 1. The second-order valence-electron chi connectivity index (χ2n) is 4.64. The molecule has 1 fully saturated rings. The van der Waals surface area contributed by atoms with Crippen molar-refractivity contribution >= 4 is 11.9 Å². The Balaban J connectivity index is 1.79. The summed E-state index contributed by atoms with van der Waals surface area (Å²) in [6.07, 6.45) is 6.01. The molecule has 1 aliphatic rings. The minimum Gasteiger partial charge on any atom is -0.481 e. The minimum absolute atomic E-state index is 0.0386. The normalized spacial score (nSPS) is 16.8. The number of carboxylic acids is 1. The summed E-state index contributed by atoms with van der Waals surface area (Å²) in [5.74, 6) is -0.950. The van der Waals surface area contributed by atoms with Crippen molar-refractivity contribution in [2.24, 2.45) is 0 Å². The monoisotopic (exact) mass is 250 g/mol. The van der Waals surface area contributed by atoms with Gasteiger partial charge in [-0.05, 0) is 25.0 Å². The van der Waals surface area contributed by atoms with E-state index in [1.54, 1.807) is 4.90 Å². The number of aromatic nitrogens is 1. The molecule has 1 aliphatic heterocycles. The third kappa shape index (κ3) is 3.12. The predicted octanol–water partition coefficient (Wildman–Crippen LogP) is 1.52. The van der Waals surface area contributed by atoms with Gasteiger partial charge in [-0.2, -0.15) is 0 Å². The maximum Gasteiger partial charge on any atom is 0.303 e. The van der Waals surface area contributed by atoms with Crippen LogP contribution in [0, 0.1) is 0 Å². The van der Waals surface area contributed by atoms with Gasteiger partial charge in [-0.1, -0.05) is 0 Å². The highest BCUT2D eigenvalue weighted by atomic mass is 16.4. The van der Waals surface area contributed by atoms with Gasteiger partial charge in [-0.3, -0.25) is 9.59 Å². The number of carbonyl (C=O) groups is 2. The average molecular weight is 250 g/mol. The lowest BCUT2D eigenvalue weighted by atomic mass is 10.0. The van der Waals surface area contributed by atoms with E-state index in [4.69, 9.17) is 5.11 Å². The van der Waals surface area contributed by atoms with Gasteiger partial charge in [-0.25, -0.2) is 0 Å². The van der Waals surface area contributed by atoms with Gasteiger partial charge in [0, 0.05) is 37.9 Å². The number of piperidine rings is 1. The molecule has 1 aromatic rings. The molecular formula is C13H18N2O3. The van der Waals surface area contributed by atoms with E-state index in [9.17, 15) is 9.59 Å². The summed E-state index contributed by atoms with van der Waals surface area (Å²) in [6, 6.07) is 4.47. The van der Waals surface area contributed by atoms with E-state index in [-0.39, 0.29) is 18.7 Å². The van der Waals surface area contributed by atoms with Gasteiger partial charge >= 0.3 is 5.97 Å². The molecule has 0 unspecified atom stereocenters. The van der Waals surface area contributed by atoms with Crippen LogP contribution in [0.3, 0.4) is 0 Å². The summed E-state index contributed by atoms with van der Waals surface area (Å²) >= 11 is 0. The van der Waals surface area contributed by atoms with Crippen molar-refractivity contribution in [3.63, 3.8) is 0 Å². The van der Waals surface area contributed by atoms with Crippen LogP contribution >= 0.6 is 0 Å². The molecule has 1 saturated heterocycles. The van der Waals surface area contributed by atoms with Gasteiger partial charge in [0.05, 0.1) is 6.42 Å². The highest BCUT2D eigenvalue weighted by Gasteiger charge is 2.23. The number of nitrogens with zero attached hydrogens (tertiary/aromatic N) is 2. The standard InChI is InChI=1S/C13H18N2O3/c16-12(3-4-13(17)18)15-9-5-11(6-10-15)14-7-1-2-8-14/h1-2,7-8,11H,3-6,9-10H2,(H,17,18). The Kier molecular flexibility index (Phi) is 4.02. The molecule has 0 radical (unpaired) electrons. The maximum atomic E-state index is 11.8. The zero-order chi connectivity index (χ0) is 13.0. The largest absolute Gasteiger partial charge is 0.481 e. The molecule has 2 heterocycles. The lowest BCUT2D eigenvalue weighted by Gasteiger charge is -2.32. The van der Waals surface area contributed by atoms with Gasteiger partial charge in [0.1, 0.15) is 0 Å². The van der Waals surface area contributed by atoms with Crippen molar-refractivity contribution in [2.45, 2.75) is 31.7 Å². The van der Waals surface area contributed by atoms with E-state index in [0.29, 0.717) is 6.04 Å². The molecule has 0 atom stereocenters. The fourth-order valence-electron chi connectivity index (χ4n) is 2.38. The van der Waals surface area contributed by atoms with Gasteiger partial charge in [-0.15, -0.1) is 0 Å². The van der Waals surface area contributed by atoms with E-state index in [0.717, 1.165) is 25.9 Å². The molecule has 0 aromatic carbocycles. The number of amides is 1. The third-order valence-electron chi connectivity index (χ3n) is 3.42. The van der Waals surface area contributed by atoms with Gasteiger partial charge in [0.2, 0.25) is 5.91 Å². The van der Waals surface area contributed by atoms with Gasteiger partial charge in [0.15, 0.2) is 0 Å². The first-order valence-electron chi connectivity index (χ1n) is 6.29. The van der Waals surface area contributed by atoms with Crippen LogP contribution in [-0.2, 0) is 9.59 Å². The zero-order valence-corrected chi connectivity index (χ0v) is 10.3. The SMILES string of the molecule is O=C(O)CCC(=O)N1CCC(n2cccc2)CC1. The molecule has 5 nitrogen and oxygen atoms in total. The van der Waals surface area contributed by atoms with Crippen LogP contribution in [0.5, 0.6) is 0 Å².